The lowest BCUT2D eigenvalue weighted by Gasteiger charge is -2.38. The Hall–Kier alpha value is -3.45. The Morgan fingerprint density at radius 2 is 1.77 bits per heavy atom. The van der Waals surface area contributed by atoms with E-state index in [1.165, 1.54) is 18.2 Å². The fourth-order valence-corrected chi connectivity index (χ4v) is 6.04. The Morgan fingerprint density at radius 1 is 1.00 bits per heavy atom. The molecule has 6 nitrogen and oxygen atoms in total. The van der Waals surface area contributed by atoms with Gasteiger partial charge >= 0.3 is 12.8 Å². The van der Waals surface area contributed by atoms with Gasteiger partial charge in [0, 0.05) is 12.0 Å². The van der Waals surface area contributed by atoms with Crippen LogP contribution in [0.4, 0.5) is 32.0 Å². The van der Waals surface area contributed by atoms with Crippen LogP contribution >= 0.6 is 0 Å². The minimum Gasteiger partial charge on any atom is -0.486 e. The summed E-state index contributed by atoms with van der Waals surface area (Å²) in [4.78, 5) is -0.570. The van der Waals surface area contributed by atoms with Crippen LogP contribution in [-0.2, 0) is 20.9 Å². The first-order valence-electron chi connectivity index (χ1n) is 11.7. The van der Waals surface area contributed by atoms with Crippen molar-refractivity contribution < 1.29 is 49.0 Å². The Balaban J connectivity index is 1.58. The molecule has 1 atom stereocenters. The van der Waals surface area contributed by atoms with Gasteiger partial charge in [-0.1, -0.05) is 12.1 Å². The molecule has 0 aromatic heterocycles. The number of rotatable bonds is 7. The third-order valence-corrected chi connectivity index (χ3v) is 8.15. The number of halogens is 6. The van der Waals surface area contributed by atoms with Crippen molar-refractivity contribution in [2.75, 3.05) is 24.1 Å². The molecule has 0 saturated carbocycles. The summed E-state index contributed by atoms with van der Waals surface area (Å²) < 4.78 is 124. The van der Waals surface area contributed by atoms with Crippen molar-refractivity contribution in [3.05, 3.63) is 72.0 Å². The maximum Gasteiger partial charge on any atom is 0.416 e. The smallest absolute Gasteiger partial charge is 0.416 e. The molecule has 5 rings (SSSR count). The topological polar surface area (TPSA) is 65.1 Å². The molecule has 2 aliphatic heterocycles. The molecule has 3 aromatic rings. The number of ether oxygens (including phenoxy) is 3. The van der Waals surface area contributed by atoms with Crippen molar-refractivity contribution in [2.24, 2.45) is 5.92 Å². The Labute approximate surface area is 219 Å². The molecule has 0 radical (unpaired) electrons. The lowest BCUT2D eigenvalue weighted by molar-refractivity contribution is -0.137. The van der Waals surface area contributed by atoms with Crippen LogP contribution in [0.1, 0.15) is 12.0 Å². The summed E-state index contributed by atoms with van der Waals surface area (Å²) >= 11 is 0. The zero-order valence-corrected chi connectivity index (χ0v) is 20.8. The van der Waals surface area contributed by atoms with E-state index in [4.69, 9.17) is 9.47 Å². The van der Waals surface area contributed by atoms with Gasteiger partial charge in [0.2, 0.25) is 0 Å². The maximum absolute atomic E-state index is 14.2. The van der Waals surface area contributed by atoms with Gasteiger partial charge in [-0.3, -0.25) is 4.31 Å². The molecule has 1 fully saturated rings. The fraction of sp³-hybridized carbons (Fsp3) is 0.308. The monoisotopic (exact) mass is 573 g/mol. The van der Waals surface area contributed by atoms with Gasteiger partial charge in [-0.15, -0.1) is 0 Å². The van der Waals surface area contributed by atoms with Crippen LogP contribution in [0.25, 0.3) is 11.1 Å². The number of fused-ring (bicyclic) bond motifs is 1. The van der Waals surface area contributed by atoms with E-state index in [1.54, 1.807) is 0 Å². The summed E-state index contributed by atoms with van der Waals surface area (Å²) in [7, 11) is -4.52. The highest BCUT2D eigenvalue weighted by Crippen LogP contribution is 2.42. The second kappa shape index (κ2) is 10.3. The van der Waals surface area contributed by atoms with E-state index >= 15 is 0 Å². The van der Waals surface area contributed by atoms with Crippen LogP contribution in [-0.4, -0.2) is 40.9 Å². The molecule has 0 spiro atoms. The third-order valence-electron chi connectivity index (χ3n) is 6.37. The standard InChI is InChI=1S/C26H21F6NO5S/c27-19-7-17(8-20(11-19)38-25(28)29)16-4-5-24-23(9-16)33(12-21(37-24)6-15-13-36-14-15)39(34,35)22-3-1-2-18(10-22)26(30,31)32/h1-5,7-11,15,21,25H,6,12-14H2/t21-/m0/s1. The van der Waals surface area contributed by atoms with Crippen molar-refractivity contribution in [1.82, 2.24) is 0 Å². The van der Waals surface area contributed by atoms with Gasteiger partial charge in [-0.25, -0.2) is 12.8 Å². The number of hydrogen-bond acceptors (Lipinski definition) is 5. The van der Waals surface area contributed by atoms with Gasteiger partial charge in [0.1, 0.15) is 23.4 Å². The maximum atomic E-state index is 14.2. The quantitative estimate of drug-likeness (QED) is 0.320. The third kappa shape index (κ3) is 5.78. The molecule has 0 amide bonds. The minimum atomic E-state index is -4.76. The van der Waals surface area contributed by atoms with E-state index in [-0.39, 0.29) is 35.0 Å². The van der Waals surface area contributed by atoms with Crippen LogP contribution in [0.5, 0.6) is 11.5 Å². The lowest BCUT2D eigenvalue weighted by atomic mass is 9.98. The molecule has 208 valence electrons. The van der Waals surface area contributed by atoms with E-state index in [0.717, 1.165) is 40.7 Å². The number of benzene rings is 3. The predicted molar refractivity (Wildman–Crippen MR) is 128 cm³/mol. The number of nitrogens with zero attached hydrogens (tertiary/aromatic N) is 1. The largest absolute Gasteiger partial charge is 0.486 e. The second-order valence-electron chi connectivity index (χ2n) is 9.18. The summed E-state index contributed by atoms with van der Waals surface area (Å²) in [5, 5.41) is 0. The SMILES string of the molecule is O=S(=O)(c1cccc(C(F)(F)F)c1)N1C[C@H](CC2COC2)Oc2ccc(-c3cc(F)cc(OC(F)F)c3)cc21. The molecule has 13 heteroatoms. The van der Waals surface area contributed by atoms with Crippen LogP contribution < -0.4 is 13.8 Å². The predicted octanol–water partition coefficient (Wildman–Crippen LogP) is 6.11. The van der Waals surface area contributed by atoms with E-state index in [9.17, 15) is 34.8 Å². The Morgan fingerprint density at radius 3 is 2.44 bits per heavy atom. The van der Waals surface area contributed by atoms with Gasteiger partial charge in [0.05, 0.1) is 35.9 Å². The van der Waals surface area contributed by atoms with Crippen molar-refractivity contribution in [2.45, 2.75) is 30.2 Å². The molecule has 3 aromatic carbocycles. The van der Waals surface area contributed by atoms with Crippen LogP contribution in [0.2, 0.25) is 0 Å². The lowest BCUT2D eigenvalue weighted by Crippen LogP contribution is -2.46. The van der Waals surface area contributed by atoms with E-state index in [0.29, 0.717) is 25.7 Å². The Bertz CT molecular complexity index is 1480. The van der Waals surface area contributed by atoms with Gasteiger partial charge in [-0.2, -0.15) is 22.0 Å². The van der Waals surface area contributed by atoms with Gasteiger partial charge < -0.3 is 14.2 Å². The van der Waals surface area contributed by atoms with E-state index < -0.39 is 50.9 Å². The second-order valence-corrected chi connectivity index (χ2v) is 11.0. The van der Waals surface area contributed by atoms with E-state index in [2.05, 4.69) is 4.74 Å². The van der Waals surface area contributed by atoms with Crippen LogP contribution in [0.15, 0.2) is 65.6 Å². The summed E-state index contributed by atoms with van der Waals surface area (Å²) in [6, 6.07) is 10.7. The van der Waals surface area contributed by atoms with Crippen molar-refractivity contribution in [3.8, 4) is 22.6 Å². The number of anilines is 1. The number of sulfonamides is 1. The van der Waals surface area contributed by atoms with E-state index in [1.807, 2.05) is 0 Å². The first kappa shape index (κ1) is 27.1. The highest BCUT2D eigenvalue weighted by molar-refractivity contribution is 7.92. The molecule has 1 saturated heterocycles. The number of alkyl halides is 5. The number of hydrogen-bond donors (Lipinski definition) is 0. The normalized spacial score (nSPS) is 17.9. The molecular weight excluding hydrogens is 552 g/mol. The van der Waals surface area contributed by atoms with Crippen LogP contribution in [0, 0.1) is 11.7 Å². The average molecular weight is 574 g/mol. The van der Waals surface area contributed by atoms with Crippen molar-refractivity contribution >= 4 is 15.7 Å². The summed E-state index contributed by atoms with van der Waals surface area (Å²) in [6.45, 7) is -2.43. The van der Waals surface area contributed by atoms with Crippen molar-refractivity contribution in [3.63, 3.8) is 0 Å². The highest BCUT2D eigenvalue weighted by atomic mass is 32.2. The zero-order chi connectivity index (χ0) is 27.9. The van der Waals surface area contributed by atoms with Crippen molar-refractivity contribution in [1.29, 1.82) is 0 Å². The van der Waals surface area contributed by atoms with Crippen LogP contribution in [0.3, 0.4) is 0 Å². The molecule has 39 heavy (non-hydrogen) atoms. The minimum absolute atomic E-state index is 0.00612. The summed E-state index contributed by atoms with van der Waals surface area (Å²) in [5.74, 6) is -1.03. The highest BCUT2D eigenvalue weighted by Gasteiger charge is 2.38. The van der Waals surface area contributed by atoms with Gasteiger partial charge in [0.25, 0.3) is 10.0 Å². The molecule has 0 N–H and O–H groups in total. The summed E-state index contributed by atoms with van der Waals surface area (Å²) in [6.07, 6.45) is -4.92. The zero-order valence-electron chi connectivity index (χ0n) is 20.0. The molecule has 0 unspecified atom stereocenters. The van der Waals surface area contributed by atoms with Gasteiger partial charge in [0.15, 0.2) is 0 Å². The first-order chi connectivity index (χ1) is 18.4. The molecule has 0 bridgehead atoms. The molecule has 2 aliphatic rings. The first-order valence-corrected chi connectivity index (χ1v) is 13.2. The molecule has 0 aliphatic carbocycles. The van der Waals surface area contributed by atoms with Gasteiger partial charge in [-0.05, 0) is 60.0 Å². The molecule has 2 heterocycles. The Kier molecular flexibility index (Phi) is 7.14. The summed E-state index contributed by atoms with van der Waals surface area (Å²) in [5.41, 5.74) is -0.767. The fourth-order valence-electron chi connectivity index (χ4n) is 4.49. The average Bonchev–Trinajstić information content (AvgIpc) is 2.84. The molecular formula is C26H21F6NO5S.